The molecule has 0 saturated carbocycles. The first-order valence-corrected chi connectivity index (χ1v) is 13.0. The Hall–Kier alpha value is -3.52. The minimum absolute atomic E-state index is 0.325. The zero-order valence-electron chi connectivity index (χ0n) is 21.6. The Balaban J connectivity index is 1.34. The van der Waals surface area contributed by atoms with Gasteiger partial charge in [0.15, 0.2) is 5.65 Å². The Kier molecular flexibility index (Phi) is 7.13. The normalized spacial score (nSPS) is 15.2. The van der Waals surface area contributed by atoms with E-state index in [0.717, 1.165) is 54.0 Å². The van der Waals surface area contributed by atoms with E-state index in [1.54, 1.807) is 0 Å². The molecule has 8 heteroatoms. The third-order valence-corrected chi connectivity index (χ3v) is 6.98. The highest BCUT2D eigenvalue weighted by Gasteiger charge is 2.22. The fourth-order valence-corrected chi connectivity index (χ4v) is 4.73. The van der Waals surface area contributed by atoms with Crippen LogP contribution in [0.4, 0.5) is 11.9 Å². The zero-order valence-corrected chi connectivity index (χ0v) is 21.6. The van der Waals surface area contributed by atoms with E-state index in [0.29, 0.717) is 36.4 Å². The first-order chi connectivity index (χ1) is 17.5. The number of nitrogens with zero attached hydrogens (tertiary/aromatic N) is 6. The van der Waals surface area contributed by atoms with Gasteiger partial charge < -0.3 is 15.5 Å². The van der Waals surface area contributed by atoms with Crippen LogP contribution in [0.2, 0.25) is 0 Å². The smallest absolute Gasteiger partial charge is 0.229 e. The van der Waals surface area contributed by atoms with Crippen LogP contribution in [0.5, 0.6) is 0 Å². The summed E-state index contributed by atoms with van der Waals surface area (Å²) < 4.78 is 1.82. The maximum absolute atomic E-state index is 4.88. The summed E-state index contributed by atoms with van der Waals surface area (Å²) in [4.78, 5) is 16.7. The molecule has 0 bridgehead atoms. The topological polar surface area (TPSA) is 83.3 Å². The van der Waals surface area contributed by atoms with Crippen molar-refractivity contribution in [3.8, 4) is 11.3 Å². The lowest BCUT2D eigenvalue weighted by Gasteiger charge is -2.34. The second-order valence-electron chi connectivity index (χ2n) is 10.2. The highest BCUT2D eigenvalue weighted by molar-refractivity contribution is 5.59. The Morgan fingerprint density at radius 3 is 2.42 bits per heavy atom. The molecule has 0 aliphatic carbocycles. The number of hydrogen-bond acceptors (Lipinski definition) is 7. The Morgan fingerprint density at radius 1 is 0.972 bits per heavy atom. The zero-order chi connectivity index (χ0) is 25.1. The molecule has 0 unspecified atom stereocenters. The average Bonchev–Trinajstić information content (AvgIpc) is 3.33. The monoisotopic (exact) mass is 484 g/mol. The van der Waals surface area contributed by atoms with Gasteiger partial charge in [-0.1, -0.05) is 44.2 Å². The number of hydrogen-bond donors (Lipinski definition) is 2. The number of rotatable bonds is 8. The van der Waals surface area contributed by atoms with Gasteiger partial charge in [-0.2, -0.15) is 19.6 Å². The molecule has 0 spiro atoms. The van der Waals surface area contributed by atoms with Crippen molar-refractivity contribution in [3.05, 3.63) is 66.0 Å². The van der Waals surface area contributed by atoms with E-state index in [2.05, 4.69) is 77.6 Å². The van der Waals surface area contributed by atoms with Crippen LogP contribution >= 0.6 is 0 Å². The highest BCUT2D eigenvalue weighted by Crippen LogP contribution is 2.24. The number of benzene rings is 1. The molecule has 0 radical (unpaired) electrons. The SMILES string of the molecule is CC(C)c1cnn2c(NCc3ccc(-c4ccccn4)cc3)nc(NC3CCN(C(C)C)CC3)nc12. The maximum atomic E-state index is 4.88. The van der Waals surface area contributed by atoms with Crippen LogP contribution in [-0.4, -0.2) is 54.6 Å². The van der Waals surface area contributed by atoms with Crippen molar-refractivity contribution in [2.75, 3.05) is 23.7 Å². The third-order valence-electron chi connectivity index (χ3n) is 6.98. The second kappa shape index (κ2) is 10.6. The fourth-order valence-electron chi connectivity index (χ4n) is 4.73. The molecule has 1 saturated heterocycles. The van der Waals surface area contributed by atoms with Gasteiger partial charge in [-0.25, -0.2) is 0 Å². The fraction of sp³-hybridized carbons (Fsp3) is 0.429. The molecule has 8 nitrogen and oxygen atoms in total. The van der Waals surface area contributed by atoms with E-state index in [4.69, 9.17) is 9.97 Å². The minimum atomic E-state index is 0.325. The van der Waals surface area contributed by atoms with Crippen molar-refractivity contribution >= 4 is 17.5 Å². The molecule has 1 aliphatic rings. The summed E-state index contributed by atoms with van der Waals surface area (Å²) in [6, 6.07) is 15.4. The molecule has 188 valence electrons. The van der Waals surface area contributed by atoms with E-state index < -0.39 is 0 Å². The molecule has 4 heterocycles. The first kappa shape index (κ1) is 24.2. The van der Waals surface area contributed by atoms with Gasteiger partial charge in [-0.05, 0) is 50.3 Å². The Labute approximate surface area is 213 Å². The molecule has 36 heavy (non-hydrogen) atoms. The van der Waals surface area contributed by atoms with Crippen molar-refractivity contribution in [2.45, 2.75) is 65.1 Å². The quantitative estimate of drug-likeness (QED) is 0.355. The number of fused-ring (bicyclic) bond motifs is 1. The van der Waals surface area contributed by atoms with Crippen molar-refractivity contribution in [3.63, 3.8) is 0 Å². The van der Waals surface area contributed by atoms with Crippen molar-refractivity contribution in [1.82, 2.24) is 29.5 Å². The molecular formula is C28H36N8. The number of anilines is 2. The average molecular weight is 485 g/mol. The lowest BCUT2D eigenvalue weighted by Crippen LogP contribution is -2.42. The van der Waals surface area contributed by atoms with Crippen LogP contribution in [0.15, 0.2) is 54.9 Å². The molecule has 3 aromatic heterocycles. The number of pyridine rings is 1. The molecule has 4 aromatic rings. The summed E-state index contributed by atoms with van der Waals surface area (Å²) in [7, 11) is 0. The Bertz CT molecular complexity index is 1270. The van der Waals surface area contributed by atoms with Gasteiger partial charge in [0.05, 0.1) is 11.9 Å². The van der Waals surface area contributed by atoms with Crippen molar-refractivity contribution in [1.29, 1.82) is 0 Å². The number of likely N-dealkylation sites (tertiary alicyclic amines) is 1. The summed E-state index contributed by atoms with van der Waals surface area (Å²) in [6.07, 6.45) is 5.91. The first-order valence-electron chi connectivity index (χ1n) is 13.0. The summed E-state index contributed by atoms with van der Waals surface area (Å²) in [6.45, 7) is 11.7. The Morgan fingerprint density at radius 2 is 1.75 bits per heavy atom. The van der Waals surface area contributed by atoms with Crippen molar-refractivity contribution in [2.24, 2.45) is 0 Å². The predicted octanol–water partition coefficient (Wildman–Crippen LogP) is 5.21. The minimum Gasteiger partial charge on any atom is -0.351 e. The van der Waals surface area contributed by atoms with E-state index in [1.807, 2.05) is 35.1 Å². The van der Waals surface area contributed by atoms with Crippen LogP contribution in [0.1, 0.15) is 57.6 Å². The second-order valence-corrected chi connectivity index (χ2v) is 10.2. The number of piperidine rings is 1. The summed E-state index contributed by atoms with van der Waals surface area (Å²) in [5, 5.41) is 11.7. The molecule has 1 fully saturated rings. The molecule has 0 amide bonds. The van der Waals surface area contributed by atoms with E-state index in [9.17, 15) is 0 Å². The van der Waals surface area contributed by atoms with Gasteiger partial charge in [0.1, 0.15) is 0 Å². The van der Waals surface area contributed by atoms with Crippen LogP contribution < -0.4 is 10.6 Å². The molecular weight excluding hydrogens is 448 g/mol. The summed E-state index contributed by atoms with van der Waals surface area (Å²) in [5.74, 6) is 1.69. The molecule has 0 atom stereocenters. The summed E-state index contributed by atoms with van der Waals surface area (Å²) in [5.41, 5.74) is 5.22. The van der Waals surface area contributed by atoms with E-state index in [-0.39, 0.29) is 0 Å². The molecule has 1 aromatic carbocycles. The van der Waals surface area contributed by atoms with Gasteiger partial charge in [0.25, 0.3) is 0 Å². The number of aromatic nitrogens is 5. The van der Waals surface area contributed by atoms with Crippen molar-refractivity contribution < 1.29 is 0 Å². The van der Waals surface area contributed by atoms with Gasteiger partial charge in [-0.3, -0.25) is 4.98 Å². The predicted molar refractivity (Wildman–Crippen MR) is 145 cm³/mol. The van der Waals surface area contributed by atoms with Crippen LogP contribution in [0.25, 0.3) is 16.9 Å². The molecule has 5 rings (SSSR count). The van der Waals surface area contributed by atoms with Crippen LogP contribution in [-0.2, 0) is 6.54 Å². The van der Waals surface area contributed by atoms with Gasteiger partial charge in [0, 0.05) is 49.0 Å². The van der Waals surface area contributed by atoms with Crippen LogP contribution in [0, 0.1) is 0 Å². The highest BCUT2D eigenvalue weighted by atomic mass is 15.4. The summed E-state index contributed by atoms with van der Waals surface area (Å²) >= 11 is 0. The lowest BCUT2D eigenvalue weighted by atomic mass is 10.0. The van der Waals surface area contributed by atoms with Gasteiger partial charge in [0.2, 0.25) is 11.9 Å². The van der Waals surface area contributed by atoms with Crippen LogP contribution in [0.3, 0.4) is 0 Å². The van der Waals surface area contributed by atoms with E-state index in [1.165, 1.54) is 0 Å². The largest absolute Gasteiger partial charge is 0.351 e. The van der Waals surface area contributed by atoms with Gasteiger partial charge >= 0.3 is 0 Å². The lowest BCUT2D eigenvalue weighted by molar-refractivity contribution is 0.177. The number of nitrogens with one attached hydrogen (secondary N) is 2. The van der Waals surface area contributed by atoms with Gasteiger partial charge in [-0.15, -0.1) is 0 Å². The standard InChI is InChI=1S/C28H36N8/c1-19(2)24-18-31-36-26(24)33-27(32-23-12-15-35(16-13-23)20(3)4)34-28(36)30-17-21-8-10-22(11-9-21)25-7-5-6-14-29-25/h5-11,14,18-20,23H,12-13,15-17H2,1-4H3,(H2,30,32,33,34). The third kappa shape index (κ3) is 5.33. The molecule has 1 aliphatic heterocycles. The molecule has 2 N–H and O–H groups in total. The van der Waals surface area contributed by atoms with E-state index >= 15 is 0 Å². The maximum Gasteiger partial charge on any atom is 0.229 e.